The Morgan fingerprint density at radius 3 is 2.17 bits per heavy atom. The van der Waals surface area contributed by atoms with Crippen molar-refractivity contribution in [1.29, 1.82) is 0 Å². The van der Waals surface area contributed by atoms with Crippen LogP contribution in [-0.4, -0.2) is 24.5 Å². The van der Waals surface area contributed by atoms with Gasteiger partial charge in [-0.1, -0.05) is 72.3 Å². The Bertz CT molecular complexity index is 1940. The van der Waals surface area contributed by atoms with Gasteiger partial charge in [0, 0.05) is 32.9 Å². The molecule has 0 spiro atoms. The summed E-state index contributed by atoms with van der Waals surface area (Å²) >= 11 is 7.53. The van der Waals surface area contributed by atoms with Crippen LogP contribution in [0.25, 0.3) is 6.08 Å². The van der Waals surface area contributed by atoms with Crippen LogP contribution in [-0.2, 0) is 9.59 Å². The highest BCUT2D eigenvalue weighted by Gasteiger charge is 2.24. The maximum atomic E-state index is 13.6. The van der Waals surface area contributed by atoms with Gasteiger partial charge in [-0.2, -0.15) is 0 Å². The molecule has 1 unspecified atom stereocenters. The van der Waals surface area contributed by atoms with Gasteiger partial charge in [0.15, 0.2) is 11.5 Å². The van der Waals surface area contributed by atoms with E-state index in [2.05, 4.69) is 16.0 Å². The van der Waals surface area contributed by atoms with Gasteiger partial charge in [-0.3, -0.25) is 14.4 Å². The number of thioether (sulfide) groups is 1. The van der Waals surface area contributed by atoms with E-state index in [1.807, 2.05) is 48.5 Å². The van der Waals surface area contributed by atoms with E-state index < -0.39 is 17.1 Å². The van der Waals surface area contributed by atoms with Crippen LogP contribution < -0.4 is 25.4 Å². The normalized spacial score (nSPS) is 12.6. The number of rotatable bonds is 10. The number of carbonyl (C=O) groups excluding carboxylic acids is 3. The standard InChI is InChI=1S/C37H28ClN3O5S/c38-27-13-7-8-24(20-27)21-31(41-35(42)26-11-5-2-6-12-26)36(43)39-28-14-17-30(18-15-28)47-34(25-9-3-1-4-10-25)37(44)40-29-16-19-32-33(22-29)46-23-45-32/h1-22,34H,23H2,(H,39,43)(H,40,44)(H,41,42)/b31-21-. The average molecular weight is 662 g/mol. The first-order valence-electron chi connectivity index (χ1n) is 14.6. The molecule has 1 atom stereocenters. The van der Waals surface area contributed by atoms with E-state index in [1.165, 1.54) is 11.8 Å². The Hall–Kier alpha value is -5.51. The number of benzene rings is 5. The highest BCUT2D eigenvalue weighted by atomic mass is 35.5. The minimum absolute atomic E-state index is 0.0453. The van der Waals surface area contributed by atoms with Crippen LogP contribution in [0.4, 0.5) is 11.4 Å². The lowest BCUT2D eigenvalue weighted by Crippen LogP contribution is -2.30. The third-order valence-corrected chi connectivity index (χ3v) is 8.54. The fourth-order valence-electron chi connectivity index (χ4n) is 4.74. The van der Waals surface area contributed by atoms with Gasteiger partial charge in [-0.15, -0.1) is 11.8 Å². The van der Waals surface area contributed by atoms with Gasteiger partial charge in [-0.05, 0) is 77.9 Å². The fourth-order valence-corrected chi connectivity index (χ4v) is 5.96. The lowest BCUT2D eigenvalue weighted by molar-refractivity contribution is -0.116. The van der Waals surface area contributed by atoms with E-state index in [9.17, 15) is 14.4 Å². The maximum absolute atomic E-state index is 13.6. The van der Waals surface area contributed by atoms with E-state index in [1.54, 1.807) is 84.9 Å². The third-order valence-electron chi connectivity index (χ3n) is 7.04. The summed E-state index contributed by atoms with van der Waals surface area (Å²) in [6.45, 7) is 0.146. The minimum Gasteiger partial charge on any atom is -0.454 e. The molecule has 3 amide bonds. The topological polar surface area (TPSA) is 106 Å². The van der Waals surface area contributed by atoms with Crippen LogP contribution in [0.1, 0.15) is 26.7 Å². The molecule has 0 saturated heterocycles. The maximum Gasteiger partial charge on any atom is 0.272 e. The number of halogens is 1. The number of fused-ring (bicyclic) bond motifs is 1. The molecule has 0 aliphatic carbocycles. The lowest BCUT2D eigenvalue weighted by Gasteiger charge is -2.18. The van der Waals surface area contributed by atoms with Crippen molar-refractivity contribution in [2.75, 3.05) is 17.4 Å². The molecule has 5 aromatic carbocycles. The molecule has 1 aliphatic rings. The molecule has 1 heterocycles. The molecule has 1 aliphatic heterocycles. The van der Waals surface area contributed by atoms with E-state index in [0.717, 1.165) is 10.5 Å². The van der Waals surface area contributed by atoms with E-state index in [4.69, 9.17) is 21.1 Å². The van der Waals surface area contributed by atoms with Crippen LogP contribution in [0.3, 0.4) is 0 Å². The van der Waals surface area contributed by atoms with Crippen molar-refractivity contribution >= 4 is 58.5 Å². The number of nitrogens with one attached hydrogen (secondary N) is 3. The second-order valence-electron chi connectivity index (χ2n) is 10.4. The molecule has 0 saturated carbocycles. The summed E-state index contributed by atoms with van der Waals surface area (Å²) in [7, 11) is 0. The average Bonchev–Trinajstić information content (AvgIpc) is 3.56. The van der Waals surface area contributed by atoms with Gasteiger partial charge in [0.25, 0.3) is 11.8 Å². The number of ether oxygens (including phenoxy) is 2. The Labute approximate surface area is 280 Å². The van der Waals surface area contributed by atoms with E-state index >= 15 is 0 Å². The number of amides is 3. The van der Waals surface area contributed by atoms with Crippen LogP contribution in [0.5, 0.6) is 11.5 Å². The first kappa shape index (κ1) is 31.5. The second kappa shape index (κ2) is 14.7. The molecule has 47 heavy (non-hydrogen) atoms. The molecule has 6 rings (SSSR count). The monoisotopic (exact) mass is 661 g/mol. The molecule has 8 nitrogen and oxygen atoms in total. The summed E-state index contributed by atoms with van der Waals surface area (Å²) in [4.78, 5) is 40.8. The SMILES string of the molecule is O=C(Nc1ccc(SC(C(=O)Nc2ccc3c(c2)OCO3)c2ccccc2)cc1)/C(=C/c1cccc(Cl)c1)NC(=O)c1ccccc1. The highest BCUT2D eigenvalue weighted by molar-refractivity contribution is 8.00. The summed E-state index contributed by atoms with van der Waals surface area (Å²) < 4.78 is 10.8. The molecule has 5 aromatic rings. The van der Waals surface area contributed by atoms with Crippen molar-refractivity contribution < 1.29 is 23.9 Å². The predicted octanol–water partition coefficient (Wildman–Crippen LogP) is 7.95. The Morgan fingerprint density at radius 2 is 1.43 bits per heavy atom. The first-order valence-corrected chi connectivity index (χ1v) is 15.8. The summed E-state index contributed by atoms with van der Waals surface area (Å²) in [5.74, 6) is 0.0680. The fraction of sp³-hybridized carbons (Fsp3) is 0.0541. The summed E-state index contributed by atoms with van der Waals surface area (Å²) in [5.41, 5.74) is 3.04. The zero-order chi connectivity index (χ0) is 32.6. The Balaban J connectivity index is 1.18. The zero-order valence-corrected chi connectivity index (χ0v) is 26.4. The van der Waals surface area contributed by atoms with Crippen molar-refractivity contribution in [3.8, 4) is 11.5 Å². The largest absolute Gasteiger partial charge is 0.454 e. The molecule has 3 N–H and O–H groups in total. The molecular formula is C37H28ClN3O5S. The van der Waals surface area contributed by atoms with Crippen molar-refractivity contribution in [2.45, 2.75) is 10.1 Å². The molecule has 234 valence electrons. The molecular weight excluding hydrogens is 634 g/mol. The molecule has 10 heteroatoms. The second-order valence-corrected chi connectivity index (χ2v) is 12.0. The van der Waals surface area contributed by atoms with Crippen LogP contribution in [0.2, 0.25) is 5.02 Å². The van der Waals surface area contributed by atoms with Crippen LogP contribution in [0, 0.1) is 0 Å². The number of anilines is 2. The molecule has 0 aromatic heterocycles. The quantitative estimate of drug-likeness (QED) is 0.104. The van der Waals surface area contributed by atoms with Crippen LogP contribution >= 0.6 is 23.4 Å². The molecule has 0 fully saturated rings. The first-order chi connectivity index (χ1) is 22.9. The predicted molar refractivity (Wildman–Crippen MR) is 185 cm³/mol. The van der Waals surface area contributed by atoms with Crippen molar-refractivity contribution in [3.63, 3.8) is 0 Å². The third kappa shape index (κ3) is 8.21. The van der Waals surface area contributed by atoms with E-state index in [0.29, 0.717) is 39.0 Å². The lowest BCUT2D eigenvalue weighted by atomic mass is 10.1. The van der Waals surface area contributed by atoms with Crippen molar-refractivity contribution in [1.82, 2.24) is 5.32 Å². The van der Waals surface area contributed by atoms with Crippen LogP contribution in [0.15, 0.2) is 138 Å². The number of carbonyl (C=O) groups is 3. The van der Waals surface area contributed by atoms with E-state index in [-0.39, 0.29) is 18.4 Å². The summed E-state index contributed by atoms with van der Waals surface area (Å²) in [6.07, 6.45) is 1.56. The van der Waals surface area contributed by atoms with Gasteiger partial charge in [0.2, 0.25) is 12.7 Å². The number of hydrogen-bond acceptors (Lipinski definition) is 6. The smallest absolute Gasteiger partial charge is 0.272 e. The Kier molecular flexibility index (Phi) is 9.86. The van der Waals surface area contributed by atoms with Crippen molar-refractivity contribution in [3.05, 3.63) is 155 Å². The highest BCUT2D eigenvalue weighted by Crippen LogP contribution is 2.38. The minimum atomic E-state index is -0.567. The Morgan fingerprint density at radius 1 is 0.723 bits per heavy atom. The summed E-state index contributed by atoms with van der Waals surface area (Å²) in [6, 6.07) is 37.5. The van der Waals surface area contributed by atoms with Gasteiger partial charge in [0.1, 0.15) is 10.9 Å². The van der Waals surface area contributed by atoms with Gasteiger partial charge in [-0.25, -0.2) is 0 Å². The van der Waals surface area contributed by atoms with Crippen molar-refractivity contribution in [2.24, 2.45) is 0 Å². The molecule has 0 bridgehead atoms. The summed E-state index contributed by atoms with van der Waals surface area (Å²) in [5, 5.41) is 8.50. The molecule has 0 radical (unpaired) electrons. The van der Waals surface area contributed by atoms with Gasteiger partial charge < -0.3 is 25.4 Å². The van der Waals surface area contributed by atoms with Gasteiger partial charge in [0.05, 0.1) is 0 Å². The zero-order valence-electron chi connectivity index (χ0n) is 24.8. The van der Waals surface area contributed by atoms with Gasteiger partial charge >= 0.3 is 0 Å². The number of hydrogen-bond donors (Lipinski definition) is 3.